The van der Waals surface area contributed by atoms with Crippen LogP contribution in [0.15, 0.2) is 0 Å². The maximum absolute atomic E-state index is 12.0. The summed E-state index contributed by atoms with van der Waals surface area (Å²) < 4.78 is 0. The molecule has 2 amide bonds. The Bertz CT molecular complexity index is 293. The van der Waals surface area contributed by atoms with Crippen LogP contribution < -0.4 is 5.32 Å². The number of aliphatic carboxylic acids is 1. The van der Waals surface area contributed by atoms with Crippen molar-refractivity contribution < 1.29 is 14.7 Å². The van der Waals surface area contributed by atoms with Crippen LogP contribution in [0, 0.1) is 5.92 Å². The van der Waals surface area contributed by atoms with Gasteiger partial charge in [0, 0.05) is 25.6 Å². The third kappa shape index (κ3) is 8.02. The summed E-state index contributed by atoms with van der Waals surface area (Å²) in [6, 6.07) is 0.180. The molecule has 0 rings (SSSR count). The average Bonchev–Trinajstić information content (AvgIpc) is 2.38. The third-order valence-electron chi connectivity index (χ3n) is 3.52. The number of nitrogens with zero attached hydrogens (tertiary/aromatic N) is 1. The Labute approximate surface area is 122 Å². The van der Waals surface area contributed by atoms with Gasteiger partial charge in [0.25, 0.3) is 0 Å². The standard InChI is InChI=1S/C15H30N2O3/c1-5-11-17(12(3)4)15(20)16-10-9-13(6-2)7-8-14(18)19/h12-13H,5-11H2,1-4H3,(H,16,20)(H,18,19). The fourth-order valence-corrected chi connectivity index (χ4v) is 2.20. The minimum atomic E-state index is -0.749. The Hall–Kier alpha value is -1.26. The molecule has 0 saturated heterocycles. The van der Waals surface area contributed by atoms with Crippen LogP contribution in [0.1, 0.15) is 59.8 Å². The molecule has 0 bridgehead atoms. The zero-order valence-electron chi connectivity index (χ0n) is 13.3. The molecule has 0 aliphatic carbocycles. The second-order valence-corrected chi connectivity index (χ2v) is 5.51. The number of carbonyl (C=O) groups is 2. The van der Waals surface area contributed by atoms with Crippen LogP contribution in [0.25, 0.3) is 0 Å². The Morgan fingerprint density at radius 3 is 2.30 bits per heavy atom. The molecule has 0 aromatic rings. The quantitative estimate of drug-likeness (QED) is 0.648. The molecule has 2 N–H and O–H groups in total. The molecule has 0 radical (unpaired) electrons. The molecule has 1 unspecified atom stereocenters. The highest BCUT2D eigenvalue weighted by Crippen LogP contribution is 2.14. The zero-order chi connectivity index (χ0) is 15.5. The first-order valence-electron chi connectivity index (χ1n) is 7.68. The molecule has 20 heavy (non-hydrogen) atoms. The topological polar surface area (TPSA) is 69.6 Å². The van der Waals surface area contributed by atoms with Crippen molar-refractivity contribution >= 4 is 12.0 Å². The lowest BCUT2D eigenvalue weighted by molar-refractivity contribution is -0.137. The second-order valence-electron chi connectivity index (χ2n) is 5.51. The molecular weight excluding hydrogens is 256 g/mol. The molecule has 0 spiro atoms. The summed E-state index contributed by atoms with van der Waals surface area (Å²) in [7, 11) is 0. The molecule has 5 nitrogen and oxygen atoms in total. The van der Waals surface area contributed by atoms with Crippen molar-refractivity contribution in [2.24, 2.45) is 5.92 Å². The number of hydrogen-bond donors (Lipinski definition) is 2. The van der Waals surface area contributed by atoms with E-state index in [1.807, 2.05) is 18.7 Å². The highest BCUT2D eigenvalue weighted by Gasteiger charge is 2.16. The highest BCUT2D eigenvalue weighted by atomic mass is 16.4. The van der Waals surface area contributed by atoms with Gasteiger partial charge in [0.1, 0.15) is 0 Å². The van der Waals surface area contributed by atoms with E-state index in [9.17, 15) is 9.59 Å². The number of hydrogen-bond acceptors (Lipinski definition) is 2. The first-order chi connectivity index (χ1) is 9.42. The largest absolute Gasteiger partial charge is 0.481 e. The summed E-state index contributed by atoms with van der Waals surface area (Å²) in [5.41, 5.74) is 0. The van der Waals surface area contributed by atoms with Crippen LogP contribution in [-0.4, -0.2) is 41.1 Å². The van der Waals surface area contributed by atoms with Gasteiger partial charge < -0.3 is 15.3 Å². The number of nitrogens with one attached hydrogen (secondary N) is 1. The Kier molecular flexibility index (Phi) is 9.86. The molecule has 0 aromatic carbocycles. The number of carboxylic acid groups (broad SMARTS) is 1. The molecule has 0 aliphatic rings. The van der Waals surface area contributed by atoms with Crippen molar-refractivity contribution in [2.45, 2.75) is 65.8 Å². The van der Waals surface area contributed by atoms with Crippen LogP contribution in [0.4, 0.5) is 4.79 Å². The average molecular weight is 286 g/mol. The van der Waals surface area contributed by atoms with Crippen LogP contribution in [-0.2, 0) is 4.79 Å². The summed E-state index contributed by atoms with van der Waals surface area (Å²) in [4.78, 5) is 24.4. The first-order valence-corrected chi connectivity index (χ1v) is 7.68. The smallest absolute Gasteiger partial charge is 0.317 e. The van der Waals surface area contributed by atoms with Crippen LogP contribution in [0.3, 0.4) is 0 Å². The first kappa shape index (κ1) is 18.7. The van der Waals surface area contributed by atoms with Crippen molar-refractivity contribution in [2.75, 3.05) is 13.1 Å². The summed E-state index contributed by atoms with van der Waals surface area (Å²) in [5, 5.41) is 11.6. The van der Waals surface area contributed by atoms with E-state index in [0.29, 0.717) is 18.9 Å². The van der Waals surface area contributed by atoms with Gasteiger partial charge in [-0.2, -0.15) is 0 Å². The molecule has 0 fully saturated rings. The predicted octanol–water partition coefficient (Wildman–Crippen LogP) is 3.10. The lowest BCUT2D eigenvalue weighted by Gasteiger charge is -2.27. The van der Waals surface area contributed by atoms with Gasteiger partial charge in [-0.15, -0.1) is 0 Å². The second kappa shape index (κ2) is 10.5. The number of rotatable bonds is 10. The van der Waals surface area contributed by atoms with E-state index in [0.717, 1.165) is 25.8 Å². The fraction of sp³-hybridized carbons (Fsp3) is 0.867. The van der Waals surface area contributed by atoms with E-state index in [2.05, 4.69) is 19.2 Å². The third-order valence-corrected chi connectivity index (χ3v) is 3.52. The lowest BCUT2D eigenvalue weighted by atomic mass is 9.97. The van der Waals surface area contributed by atoms with Gasteiger partial charge in [-0.1, -0.05) is 20.3 Å². The summed E-state index contributed by atoms with van der Waals surface area (Å²) in [6.07, 6.45) is 3.63. The van der Waals surface area contributed by atoms with Crippen molar-refractivity contribution in [3.05, 3.63) is 0 Å². The van der Waals surface area contributed by atoms with Gasteiger partial charge >= 0.3 is 12.0 Å². The normalized spacial score (nSPS) is 12.2. The number of carbonyl (C=O) groups excluding carboxylic acids is 1. The molecule has 118 valence electrons. The SMILES string of the molecule is CCCN(C(=O)NCCC(CC)CCC(=O)O)C(C)C. The minimum Gasteiger partial charge on any atom is -0.481 e. The molecule has 0 saturated carbocycles. The Morgan fingerprint density at radius 1 is 1.20 bits per heavy atom. The summed E-state index contributed by atoms with van der Waals surface area (Å²) in [6.45, 7) is 9.52. The van der Waals surface area contributed by atoms with Gasteiger partial charge in [0.15, 0.2) is 0 Å². The molecular formula is C15H30N2O3. The van der Waals surface area contributed by atoms with E-state index in [-0.39, 0.29) is 18.5 Å². The molecule has 1 atom stereocenters. The maximum atomic E-state index is 12.0. The van der Waals surface area contributed by atoms with Crippen molar-refractivity contribution in [3.63, 3.8) is 0 Å². The lowest BCUT2D eigenvalue weighted by Crippen LogP contribution is -2.44. The van der Waals surface area contributed by atoms with Gasteiger partial charge in [-0.25, -0.2) is 4.79 Å². The minimum absolute atomic E-state index is 0.0186. The highest BCUT2D eigenvalue weighted by molar-refractivity contribution is 5.74. The fourth-order valence-electron chi connectivity index (χ4n) is 2.20. The van der Waals surface area contributed by atoms with E-state index in [1.54, 1.807) is 0 Å². The molecule has 5 heteroatoms. The number of urea groups is 1. The van der Waals surface area contributed by atoms with Crippen molar-refractivity contribution in [1.82, 2.24) is 10.2 Å². The Balaban J connectivity index is 4.06. The monoisotopic (exact) mass is 286 g/mol. The van der Waals surface area contributed by atoms with Crippen LogP contribution >= 0.6 is 0 Å². The van der Waals surface area contributed by atoms with E-state index < -0.39 is 5.97 Å². The number of amides is 2. The van der Waals surface area contributed by atoms with Crippen LogP contribution in [0.5, 0.6) is 0 Å². The summed E-state index contributed by atoms with van der Waals surface area (Å²) in [5.74, 6) is -0.383. The van der Waals surface area contributed by atoms with Crippen LogP contribution in [0.2, 0.25) is 0 Å². The summed E-state index contributed by atoms with van der Waals surface area (Å²) >= 11 is 0. The maximum Gasteiger partial charge on any atom is 0.317 e. The van der Waals surface area contributed by atoms with Gasteiger partial charge in [0.2, 0.25) is 0 Å². The number of carboxylic acids is 1. The van der Waals surface area contributed by atoms with E-state index in [4.69, 9.17) is 5.11 Å². The Morgan fingerprint density at radius 2 is 1.85 bits per heavy atom. The van der Waals surface area contributed by atoms with E-state index >= 15 is 0 Å². The zero-order valence-corrected chi connectivity index (χ0v) is 13.3. The molecule has 0 aliphatic heterocycles. The van der Waals surface area contributed by atoms with Gasteiger partial charge in [-0.3, -0.25) is 4.79 Å². The predicted molar refractivity (Wildman–Crippen MR) is 80.8 cm³/mol. The molecule has 0 heterocycles. The van der Waals surface area contributed by atoms with Crippen molar-refractivity contribution in [1.29, 1.82) is 0 Å². The van der Waals surface area contributed by atoms with Gasteiger partial charge in [-0.05, 0) is 39.0 Å². The molecule has 0 aromatic heterocycles. The van der Waals surface area contributed by atoms with E-state index in [1.165, 1.54) is 0 Å². The van der Waals surface area contributed by atoms with Crippen molar-refractivity contribution in [3.8, 4) is 0 Å². The van der Waals surface area contributed by atoms with Gasteiger partial charge in [0.05, 0.1) is 0 Å².